The van der Waals surface area contributed by atoms with Gasteiger partial charge >= 0.3 is 5.97 Å². The first kappa shape index (κ1) is 17.4. The predicted octanol–water partition coefficient (Wildman–Crippen LogP) is 4.54. The third kappa shape index (κ3) is 7.66. The fourth-order valence-electron chi connectivity index (χ4n) is 1.81. The summed E-state index contributed by atoms with van der Waals surface area (Å²) >= 11 is 0. The van der Waals surface area contributed by atoms with Crippen LogP contribution in [-0.2, 0) is 16.0 Å². The largest absolute Gasteiger partial charge is 0.462 e. The van der Waals surface area contributed by atoms with Gasteiger partial charge in [-0.25, -0.2) is 4.79 Å². The lowest BCUT2D eigenvalue weighted by atomic mass is 10.1. The summed E-state index contributed by atoms with van der Waals surface area (Å²) in [6, 6.07) is 10.3. The number of allylic oxidation sites excluding steroid dienone is 1. The van der Waals surface area contributed by atoms with E-state index in [4.69, 9.17) is 4.74 Å². The molecule has 0 amide bonds. The van der Waals surface area contributed by atoms with E-state index in [1.54, 1.807) is 0 Å². The molecule has 0 aromatic heterocycles. The molecule has 1 rings (SSSR count). The molecule has 0 N–H and O–H groups in total. The van der Waals surface area contributed by atoms with Crippen LogP contribution in [-0.4, -0.2) is 20.7 Å². The minimum Gasteiger partial charge on any atom is -0.462 e. The minimum atomic E-state index is -1.32. The summed E-state index contributed by atoms with van der Waals surface area (Å²) < 4.78 is 5.13. The number of benzene rings is 1. The molecule has 0 bridgehead atoms. The molecule has 114 valence electrons. The van der Waals surface area contributed by atoms with Crippen LogP contribution in [0.25, 0.3) is 0 Å². The van der Waals surface area contributed by atoms with Crippen molar-refractivity contribution >= 4 is 14.0 Å². The van der Waals surface area contributed by atoms with Crippen molar-refractivity contribution in [1.29, 1.82) is 0 Å². The second-order valence-corrected chi connectivity index (χ2v) is 11.2. The Morgan fingerprint density at radius 3 is 2.43 bits per heavy atom. The zero-order chi connectivity index (χ0) is 15.7. The standard InChI is InChI=1S/C18H26O2Si/c1-5-20-18(19)17(14-15-21(2,3)4)13-9-12-16-10-7-6-8-11-16/h6-8,10-11,13-15H,5,9,12H2,1-4H3/b15-14+,17-13-. The Morgan fingerprint density at radius 1 is 1.19 bits per heavy atom. The highest BCUT2D eigenvalue weighted by Crippen LogP contribution is 2.10. The van der Waals surface area contributed by atoms with Gasteiger partial charge in [0.25, 0.3) is 0 Å². The van der Waals surface area contributed by atoms with Gasteiger partial charge in [0.05, 0.1) is 20.3 Å². The van der Waals surface area contributed by atoms with Crippen LogP contribution in [0.1, 0.15) is 18.9 Å². The topological polar surface area (TPSA) is 26.3 Å². The maximum atomic E-state index is 12.0. The van der Waals surface area contributed by atoms with E-state index < -0.39 is 8.07 Å². The van der Waals surface area contributed by atoms with Crippen LogP contribution in [0.4, 0.5) is 0 Å². The fraction of sp³-hybridized carbons (Fsp3) is 0.389. The number of rotatable bonds is 7. The average molecular weight is 302 g/mol. The minimum absolute atomic E-state index is 0.222. The molecule has 0 heterocycles. The lowest BCUT2D eigenvalue weighted by Crippen LogP contribution is -2.16. The highest BCUT2D eigenvalue weighted by molar-refractivity contribution is 6.81. The van der Waals surface area contributed by atoms with E-state index in [-0.39, 0.29) is 5.97 Å². The third-order valence-corrected chi connectivity index (χ3v) is 4.08. The van der Waals surface area contributed by atoms with Crippen molar-refractivity contribution in [3.63, 3.8) is 0 Å². The first-order valence-corrected chi connectivity index (χ1v) is 11.1. The van der Waals surface area contributed by atoms with Crippen molar-refractivity contribution in [2.45, 2.75) is 39.4 Å². The molecule has 0 saturated heterocycles. The normalized spacial score (nSPS) is 12.7. The molecule has 0 aliphatic heterocycles. The average Bonchev–Trinajstić information content (AvgIpc) is 2.43. The van der Waals surface area contributed by atoms with E-state index in [2.05, 4.69) is 37.5 Å². The van der Waals surface area contributed by atoms with Gasteiger partial charge in [-0.2, -0.15) is 0 Å². The summed E-state index contributed by atoms with van der Waals surface area (Å²) in [5.41, 5.74) is 4.14. The molecule has 0 unspecified atom stereocenters. The molecule has 0 saturated carbocycles. The SMILES string of the molecule is CCOC(=O)C(=C\CCc1ccccc1)/C=C/[Si](C)(C)C. The summed E-state index contributed by atoms with van der Waals surface area (Å²) in [6.07, 6.45) is 5.70. The van der Waals surface area contributed by atoms with Crippen LogP contribution in [0, 0.1) is 0 Å². The Balaban J connectivity index is 2.73. The molecule has 1 aromatic carbocycles. The van der Waals surface area contributed by atoms with Crippen molar-refractivity contribution in [2.75, 3.05) is 6.61 Å². The summed E-state index contributed by atoms with van der Waals surface area (Å²) in [6.45, 7) is 8.99. The second kappa shape index (κ2) is 8.62. The number of carbonyl (C=O) groups is 1. The number of esters is 1. The molecule has 21 heavy (non-hydrogen) atoms. The molecule has 0 atom stereocenters. The van der Waals surface area contributed by atoms with Crippen LogP contribution in [0.15, 0.2) is 53.8 Å². The van der Waals surface area contributed by atoms with E-state index in [0.29, 0.717) is 12.2 Å². The van der Waals surface area contributed by atoms with Crippen molar-refractivity contribution < 1.29 is 9.53 Å². The number of hydrogen-bond donors (Lipinski definition) is 0. The Labute approximate surface area is 129 Å². The Kier molecular flexibility index (Phi) is 7.16. The van der Waals surface area contributed by atoms with Gasteiger partial charge in [-0.05, 0) is 25.3 Å². The number of ether oxygens (including phenoxy) is 1. The molecule has 3 heteroatoms. The third-order valence-electron chi connectivity index (χ3n) is 2.91. The highest BCUT2D eigenvalue weighted by atomic mass is 28.3. The smallest absolute Gasteiger partial charge is 0.337 e. The molecule has 0 aliphatic rings. The van der Waals surface area contributed by atoms with Gasteiger partial charge in [0, 0.05) is 0 Å². The van der Waals surface area contributed by atoms with Crippen LogP contribution < -0.4 is 0 Å². The van der Waals surface area contributed by atoms with Gasteiger partial charge in [0.1, 0.15) is 0 Å². The lowest BCUT2D eigenvalue weighted by Gasteiger charge is -2.09. The Hall–Kier alpha value is -1.61. The summed E-state index contributed by atoms with van der Waals surface area (Å²) in [4.78, 5) is 12.0. The van der Waals surface area contributed by atoms with Gasteiger partial charge in [0.2, 0.25) is 0 Å². The zero-order valence-electron chi connectivity index (χ0n) is 13.6. The van der Waals surface area contributed by atoms with E-state index in [1.807, 2.05) is 37.3 Å². The monoisotopic (exact) mass is 302 g/mol. The van der Waals surface area contributed by atoms with Crippen molar-refractivity contribution in [2.24, 2.45) is 0 Å². The first-order valence-electron chi connectivity index (χ1n) is 7.53. The predicted molar refractivity (Wildman–Crippen MR) is 92.0 cm³/mol. The summed E-state index contributed by atoms with van der Waals surface area (Å²) in [5.74, 6) is -0.222. The molecule has 0 aliphatic carbocycles. The summed E-state index contributed by atoms with van der Waals surface area (Å²) in [5, 5.41) is 0. The Morgan fingerprint density at radius 2 is 1.86 bits per heavy atom. The van der Waals surface area contributed by atoms with E-state index in [9.17, 15) is 4.79 Å². The molecule has 0 spiro atoms. The molecule has 0 fully saturated rings. The van der Waals surface area contributed by atoms with Gasteiger partial charge in [-0.3, -0.25) is 0 Å². The van der Waals surface area contributed by atoms with Gasteiger partial charge < -0.3 is 4.74 Å². The van der Waals surface area contributed by atoms with Crippen LogP contribution in [0.3, 0.4) is 0 Å². The quantitative estimate of drug-likeness (QED) is 0.320. The zero-order valence-corrected chi connectivity index (χ0v) is 14.6. The van der Waals surface area contributed by atoms with Gasteiger partial charge in [0.15, 0.2) is 0 Å². The molecule has 1 aromatic rings. The van der Waals surface area contributed by atoms with E-state index in [0.717, 1.165) is 12.8 Å². The lowest BCUT2D eigenvalue weighted by molar-refractivity contribution is -0.138. The molecule has 0 radical (unpaired) electrons. The first-order chi connectivity index (χ1) is 9.92. The maximum Gasteiger partial charge on any atom is 0.337 e. The Bertz CT molecular complexity index is 496. The number of aryl methyl sites for hydroxylation is 1. The van der Waals surface area contributed by atoms with E-state index in [1.165, 1.54) is 5.56 Å². The second-order valence-electron chi connectivity index (χ2n) is 6.10. The highest BCUT2D eigenvalue weighted by Gasteiger charge is 2.11. The number of carbonyl (C=O) groups excluding carboxylic acids is 1. The maximum absolute atomic E-state index is 12.0. The van der Waals surface area contributed by atoms with Crippen LogP contribution >= 0.6 is 0 Å². The van der Waals surface area contributed by atoms with Crippen LogP contribution in [0.5, 0.6) is 0 Å². The molecule has 2 nitrogen and oxygen atoms in total. The van der Waals surface area contributed by atoms with Crippen molar-refractivity contribution in [1.82, 2.24) is 0 Å². The fourth-order valence-corrected chi connectivity index (χ4v) is 2.49. The van der Waals surface area contributed by atoms with Crippen molar-refractivity contribution in [3.8, 4) is 0 Å². The van der Waals surface area contributed by atoms with Gasteiger partial charge in [-0.1, -0.05) is 67.8 Å². The van der Waals surface area contributed by atoms with E-state index >= 15 is 0 Å². The van der Waals surface area contributed by atoms with Crippen LogP contribution in [0.2, 0.25) is 19.6 Å². The van der Waals surface area contributed by atoms with Gasteiger partial charge in [-0.15, -0.1) is 0 Å². The summed E-state index contributed by atoms with van der Waals surface area (Å²) in [7, 11) is -1.32. The van der Waals surface area contributed by atoms with Crippen molar-refractivity contribution in [3.05, 3.63) is 59.3 Å². The molecular formula is C18H26O2Si. The molecular weight excluding hydrogens is 276 g/mol. The number of hydrogen-bond acceptors (Lipinski definition) is 2.